The molecule has 0 saturated heterocycles. The second-order valence-electron chi connectivity index (χ2n) is 6.87. The van der Waals surface area contributed by atoms with E-state index < -0.39 is 0 Å². The summed E-state index contributed by atoms with van der Waals surface area (Å²) in [6, 6.07) is 14.0. The number of para-hydroxylation sites is 1. The van der Waals surface area contributed by atoms with Gasteiger partial charge in [-0.3, -0.25) is 4.79 Å². The Kier molecular flexibility index (Phi) is 3.54. The highest BCUT2D eigenvalue weighted by Gasteiger charge is 2.24. The highest BCUT2D eigenvalue weighted by atomic mass is 35.5. The lowest BCUT2D eigenvalue weighted by molar-refractivity contribution is -0.131. The van der Waals surface area contributed by atoms with Gasteiger partial charge in [-0.05, 0) is 23.8 Å². The molecular formula is C21H18ClN3O. The average Bonchev–Trinajstić information content (AvgIpc) is 3.22. The summed E-state index contributed by atoms with van der Waals surface area (Å²) in [5.41, 5.74) is 5.62. The Morgan fingerprint density at radius 1 is 1.12 bits per heavy atom. The number of aromatic amines is 2. The number of benzene rings is 2. The van der Waals surface area contributed by atoms with Gasteiger partial charge in [0, 0.05) is 63.8 Å². The van der Waals surface area contributed by atoms with E-state index in [2.05, 4.69) is 16.0 Å². The molecule has 0 saturated carbocycles. The molecule has 4 nitrogen and oxygen atoms in total. The summed E-state index contributed by atoms with van der Waals surface area (Å²) < 4.78 is 0. The number of amides is 1. The van der Waals surface area contributed by atoms with Gasteiger partial charge in [0.15, 0.2) is 0 Å². The zero-order valence-corrected chi connectivity index (χ0v) is 14.9. The maximum absolute atomic E-state index is 12.9. The third kappa shape index (κ3) is 2.49. The minimum absolute atomic E-state index is 0.170. The molecule has 3 heterocycles. The molecule has 4 aromatic rings. The highest BCUT2D eigenvalue weighted by Crippen LogP contribution is 2.30. The van der Waals surface area contributed by atoms with Crippen LogP contribution in [0.4, 0.5) is 0 Å². The molecule has 0 radical (unpaired) electrons. The molecule has 2 aromatic heterocycles. The van der Waals surface area contributed by atoms with Gasteiger partial charge in [-0.25, -0.2) is 0 Å². The maximum atomic E-state index is 12.9. The summed E-state index contributed by atoms with van der Waals surface area (Å²) in [4.78, 5) is 21.6. The zero-order chi connectivity index (χ0) is 17.7. The standard InChI is InChI=1S/C21H18ClN3O/c22-14-5-6-16-17-12-25(8-7-19(17)24-20(16)10-14)21(26)9-13-11-23-18-4-2-1-3-15(13)18/h1-6,10-11,23-24H,7-9,12H2. The Labute approximate surface area is 155 Å². The predicted octanol–water partition coefficient (Wildman–Crippen LogP) is 4.43. The third-order valence-electron chi connectivity index (χ3n) is 5.31. The van der Waals surface area contributed by atoms with Crippen LogP contribution in [-0.2, 0) is 24.2 Å². The van der Waals surface area contributed by atoms with Crippen molar-refractivity contribution in [3.63, 3.8) is 0 Å². The number of nitrogens with zero attached hydrogens (tertiary/aromatic N) is 1. The van der Waals surface area contributed by atoms with Crippen molar-refractivity contribution in [3.05, 3.63) is 70.5 Å². The van der Waals surface area contributed by atoms with Gasteiger partial charge in [0.1, 0.15) is 0 Å². The first-order valence-corrected chi connectivity index (χ1v) is 9.18. The van der Waals surface area contributed by atoms with E-state index in [1.54, 1.807) is 0 Å². The molecule has 0 bridgehead atoms. The highest BCUT2D eigenvalue weighted by molar-refractivity contribution is 6.31. The molecule has 1 aliphatic rings. The molecule has 130 valence electrons. The summed E-state index contributed by atoms with van der Waals surface area (Å²) in [7, 11) is 0. The van der Waals surface area contributed by atoms with Crippen molar-refractivity contribution in [2.75, 3.05) is 6.54 Å². The van der Waals surface area contributed by atoms with Gasteiger partial charge in [-0.15, -0.1) is 0 Å². The number of rotatable bonds is 2. The Balaban J connectivity index is 1.41. The van der Waals surface area contributed by atoms with Gasteiger partial charge in [0.2, 0.25) is 5.91 Å². The molecule has 1 amide bonds. The first-order chi connectivity index (χ1) is 12.7. The van der Waals surface area contributed by atoms with Crippen molar-refractivity contribution in [2.45, 2.75) is 19.4 Å². The first-order valence-electron chi connectivity index (χ1n) is 8.81. The Morgan fingerprint density at radius 3 is 2.92 bits per heavy atom. The molecule has 0 aliphatic carbocycles. The number of hydrogen-bond donors (Lipinski definition) is 2. The van der Waals surface area contributed by atoms with Gasteiger partial charge in [0.05, 0.1) is 6.42 Å². The molecule has 2 aromatic carbocycles. The lowest BCUT2D eigenvalue weighted by Crippen LogP contribution is -2.36. The molecule has 0 unspecified atom stereocenters. The molecule has 0 spiro atoms. The van der Waals surface area contributed by atoms with Crippen LogP contribution >= 0.6 is 11.6 Å². The second kappa shape index (κ2) is 5.92. The van der Waals surface area contributed by atoms with Gasteiger partial charge in [-0.1, -0.05) is 35.9 Å². The fourth-order valence-electron chi connectivity index (χ4n) is 3.96. The van der Waals surface area contributed by atoms with Crippen molar-refractivity contribution in [1.29, 1.82) is 0 Å². The zero-order valence-electron chi connectivity index (χ0n) is 14.2. The Hall–Kier alpha value is -2.72. The number of nitrogens with one attached hydrogen (secondary N) is 2. The molecule has 1 aliphatic heterocycles. The van der Waals surface area contributed by atoms with E-state index in [1.807, 2.05) is 47.5 Å². The minimum Gasteiger partial charge on any atom is -0.361 e. The Morgan fingerprint density at radius 2 is 2.00 bits per heavy atom. The fourth-order valence-corrected chi connectivity index (χ4v) is 4.13. The third-order valence-corrected chi connectivity index (χ3v) is 5.54. The SMILES string of the molecule is O=C(Cc1c[nH]c2ccccc12)N1CCc2[nH]c3cc(Cl)ccc3c2C1. The van der Waals surface area contributed by atoms with Crippen LogP contribution in [0.25, 0.3) is 21.8 Å². The van der Waals surface area contributed by atoms with Crippen LogP contribution in [0.3, 0.4) is 0 Å². The van der Waals surface area contributed by atoms with E-state index in [0.717, 1.165) is 45.4 Å². The van der Waals surface area contributed by atoms with Crippen LogP contribution in [0.15, 0.2) is 48.7 Å². The Bertz CT molecular complexity index is 1140. The molecular weight excluding hydrogens is 346 g/mol. The smallest absolute Gasteiger partial charge is 0.227 e. The summed E-state index contributed by atoms with van der Waals surface area (Å²) in [5, 5.41) is 3.01. The number of aromatic nitrogens is 2. The van der Waals surface area contributed by atoms with Crippen LogP contribution < -0.4 is 0 Å². The summed E-state index contributed by atoms with van der Waals surface area (Å²) in [6.07, 6.45) is 3.22. The number of carbonyl (C=O) groups is 1. The summed E-state index contributed by atoms with van der Waals surface area (Å²) in [5.74, 6) is 0.170. The van der Waals surface area contributed by atoms with Crippen LogP contribution in [0.5, 0.6) is 0 Å². The molecule has 0 atom stereocenters. The predicted molar refractivity (Wildman–Crippen MR) is 104 cm³/mol. The largest absolute Gasteiger partial charge is 0.361 e. The van der Waals surface area contributed by atoms with Crippen molar-refractivity contribution >= 4 is 39.3 Å². The lowest BCUT2D eigenvalue weighted by Gasteiger charge is -2.27. The van der Waals surface area contributed by atoms with Crippen LogP contribution in [-0.4, -0.2) is 27.3 Å². The molecule has 26 heavy (non-hydrogen) atoms. The van der Waals surface area contributed by atoms with Crippen molar-refractivity contribution in [1.82, 2.24) is 14.9 Å². The van der Waals surface area contributed by atoms with Gasteiger partial charge in [0.25, 0.3) is 0 Å². The lowest BCUT2D eigenvalue weighted by atomic mass is 10.0. The van der Waals surface area contributed by atoms with Crippen molar-refractivity contribution in [2.24, 2.45) is 0 Å². The number of carbonyl (C=O) groups excluding carboxylic acids is 1. The van der Waals surface area contributed by atoms with E-state index >= 15 is 0 Å². The monoisotopic (exact) mass is 363 g/mol. The van der Waals surface area contributed by atoms with E-state index in [0.29, 0.717) is 13.0 Å². The van der Waals surface area contributed by atoms with Gasteiger partial charge in [-0.2, -0.15) is 0 Å². The minimum atomic E-state index is 0.170. The number of halogens is 1. The van der Waals surface area contributed by atoms with Crippen molar-refractivity contribution in [3.8, 4) is 0 Å². The molecule has 5 heteroatoms. The second-order valence-corrected chi connectivity index (χ2v) is 7.31. The molecule has 5 rings (SSSR count). The molecule has 2 N–H and O–H groups in total. The van der Waals surface area contributed by atoms with Gasteiger partial charge >= 0.3 is 0 Å². The van der Waals surface area contributed by atoms with Crippen LogP contribution in [0.1, 0.15) is 16.8 Å². The van der Waals surface area contributed by atoms with Crippen LogP contribution in [0, 0.1) is 0 Å². The average molecular weight is 364 g/mol. The van der Waals surface area contributed by atoms with E-state index in [1.165, 1.54) is 11.3 Å². The van der Waals surface area contributed by atoms with E-state index in [-0.39, 0.29) is 5.91 Å². The summed E-state index contributed by atoms with van der Waals surface area (Å²) >= 11 is 6.10. The van der Waals surface area contributed by atoms with Crippen LogP contribution in [0.2, 0.25) is 5.02 Å². The maximum Gasteiger partial charge on any atom is 0.227 e. The topological polar surface area (TPSA) is 51.9 Å². The van der Waals surface area contributed by atoms with Gasteiger partial charge < -0.3 is 14.9 Å². The van der Waals surface area contributed by atoms with E-state index in [4.69, 9.17) is 11.6 Å². The molecule has 0 fully saturated rings. The fraction of sp³-hybridized carbons (Fsp3) is 0.190. The summed E-state index contributed by atoms with van der Waals surface area (Å²) in [6.45, 7) is 1.40. The number of H-pyrrole nitrogens is 2. The number of hydrogen-bond acceptors (Lipinski definition) is 1. The first kappa shape index (κ1) is 15.5. The van der Waals surface area contributed by atoms with E-state index in [9.17, 15) is 4.79 Å². The van der Waals surface area contributed by atoms with Crippen molar-refractivity contribution < 1.29 is 4.79 Å². The normalized spacial score (nSPS) is 14.1. The quantitative estimate of drug-likeness (QED) is 0.544. The number of fused-ring (bicyclic) bond motifs is 4.